The summed E-state index contributed by atoms with van der Waals surface area (Å²) in [7, 11) is 0. The molecular weight excluding hydrogens is 340 g/mol. The van der Waals surface area contributed by atoms with Gasteiger partial charge in [0.25, 0.3) is 0 Å². The number of anilines is 1. The molecule has 0 aliphatic heterocycles. The zero-order valence-electron chi connectivity index (χ0n) is 15.3. The van der Waals surface area contributed by atoms with E-state index in [9.17, 15) is 4.79 Å². The van der Waals surface area contributed by atoms with Gasteiger partial charge in [-0.3, -0.25) is 4.79 Å². The maximum atomic E-state index is 12.5. The number of amides is 1. The lowest BCUT2D eigenvalue weighted by Gasteiger charge is -2.18. The van der Waals surface area contributed by atoms with Gasteiger partial charge < -0.3 is 20.5 Å². The molecule has 0 heterocycles. The Morgan fingerprint density at radius 1 is 1.16 bits per heavy atom. The quantitative estimate of drug-likeness (QED) is 0.689. The summed E-state index contributed by atoms with van der Waals surface area (Å²) >= 11 is 0. The summed E-state index contributed by atoms with van der Waals surface area (Å²) in [5.74, 6) is 1.79. The molecule has 25 heavy (non-hydrogen) atoms. The van der Waals surface area contributed by atoms with E-state index < -0.39 is 0 Å². The van der Waals surface area contributed by atoms with Crippen LogP contribution in [0.3, 0.4) is 0 Å². The van der Waals surface area contributed by atoms with Gasteiger partial charge in [0.2, 0.25) is 5.91 Å². The van der Waals surface area contributed by atoms with Crippen molar-refractivity contribution in [1.29, 1.82) is 0 Å². The number of rotatable bonds is 9. The molecule has 0 bridgehead atoms. The van der Waals surface area contributed by atoms with Crippen molar-refractivity contribution >= 4 is 24.0 Å². The molecule has 0 unspecified atom stereocenters. The minimum Gasteiger partial charge on any atom is -0.490 e. The maximum Gasteiger partial charge on any atom is 0.227 e. The van der Waals surface area contributed by atoms with Crippen LogP contribution >= 0.6 is 12.4 Å². The highest BCUT2D eigenvalue weighted by molar-refractivity contribution is 5.93. The van der Waals surface area contributed by atoms with Gasteiger partial charge in [0.1, 0.15) is 0 Å². The van der Waals surface area contributed by atoms with Crippen LogP contribution in [0.4, 0.5) is 5.69 Å². The molecule has 2 rings (SSSR count). The highest BCUT2D eigenvalue weighted by Crippen LogP contribution is 2.34. The Balaban J connectivity index is 0.00000312. The van der Waals surface area contributed by atoms with E-state index in [1.807, 2.05) is 18.2 Å². The molecule has 3 N–H and O–H groups in total. The first-order valence-electron chi connectivity index (χ1n) is 9.10. The standard InChI is InChI=1S/C19H30N2O3.ClH/c1-3-10-23-17-9-8-15(12-18(17)24-11-4-2)21-19(22)16-7-5-6-14(16)13-20;/h8-9,12,14,16H,3-7,10-11,13,20H2,1-2H3,(H,21,22);1H/t14-,16-;/m1./s1. The summed E-state index contributed by atoms with van der Waals surface area (Å²) in [6.07, 6.45) is 4.90. The first-order chi connectivity index (χ1) is 11.7. The van der Waals surface area contributed by atoms with Gasteiger partial charge in [0.05, 0.1) is 13.2 Å². The van der Waals surface area contributed by atoms with E-state index in [1.54, 1.807) is 0 Å². The first-order valence-corrected chi connectivity index (χ1v) is 9.10. The Labute approximate surface area is 157 Å². The van der Waals surface area contributed by atoms with E-state index in [4.69, 9.17) is 15.2 Å². The van der Waals surface area contributed by atoms with Crippen LogP contribution in [0.1, 0.15) is 46.0 Å². The largest absolute Gasteiger partial charge is 0.490 e. The SMILES string of the molecule is CCCOc1ccc(NC(=O)[C@@H]2CCC[C@@H]2CN)cc1OCCC.Cl. The van der Waals surface area contributed by atoms with Gasteiger partial charge in [0, 0.05) is 17.7 Å². The van der Waals surface area contributed by atoms with Gasteiger partial charge in [-0.05, 0) is 50.3 Å². The number of nitrogens with one attached hydrogen (secondary N) is 1. The highest BCUT2D eigenvalue weighted by atomic mass is 35.5. The Hall–Kier alpha value is -1.46. The van der Waals surface area contributed by atoms with Crippen molar-refractivity contribution in [3.8, 4) is 11.5 Å². The number of ether oxygens (including phenoxy) is 2. The highest BCUT2D eigenvalue weighted by Gasteiger charge is 2.31. The molecule has 1 aromatic rings. The van der Waals surface area contributed by atoms with Gasteiger partial charge in [0.15, 0.2) is 11.5 Å². The van der Waals surface area contributed by atoms with Crippen molar-refractivity contribution in [3.05, 3.63) is 18.2 Å². The molecule has 1 aromatic carbocycles. The van der Waals surface area contributed by atoms with E-state index in [0.29, 0.717) is 31.4 Å². The van der Waals surface area contributed by atoms with E-state index in [2.05, 4.69) is 19.2 Å². The fraction of sp³-hybridized carbons (Fsp3) is 0.632. The molecule has 6 heteroatoms. The van der Waals surface area contributed by atoms with Crippen molar-refractivity contribution in [2.24, 2.45) is 17.6 Å². The second-order valence-electron chi connectivity index (χ2n) is 6.38. The lowest BCUT2D eigenvalue weighted by Crippen LogP contribution is -2.29. The fourth-order valence-corrected chi connectivity index (χ4v) is 3.14. The first kappa shape index (κ1) is 21.6. The average Bonchev–Trinajstić information content (AvgIpc) is 3.08. The Morgan fingerprint density at radius 2 is 1.84 bits per heavy atom. The number of nitrogens with two attached hydrogens (primary N) is 1. The molecule has 1 aliphatic rings. The van der Waals surface area contributed by atoms with Crippen molar-refractivity contribution < 1.29 is 14.3 Å². The summed E-state index contributed by atoms with van der Waals surface area (Å²) < 4.78 is 11.5. The van der Waals surface area contributed by atoms with E-state index in [-0.39, 0.29) is 24.2 Å². The Morgan fingerprint density at radius 3 is 2.48 bits per heavy atom. The van der Waals surface area contributed by atoms with Crippen LogP contribution in [0, 0.1) is 11.8 Å². The molecule has 1 amide bonds. The van der Waals surface area contributed by atoms with Gasteiger partial charge in [-0.25, -0.2) is 0 Å². The molecule has 0 radical (unpaired) electrons. The molecular formula is C19H31ClN2O3. The molecule has 142 valence electrons. The van der Waals surface area contributed by atoms with Gasteiger partial charge in [-0.2, -0.15) is 0 Å². The molecule has 1 aliphatic carbocycles. The third-order valence-electron chi connectivity index (χ3n) is 4.43. The molecule has 2 atom stereocenters. The summed E-state index contributed by atoms with van der Waals surface area (Å²) in [6.45, 7) is 5.97. The normalized spacial score (nSPS) is 19.2. The number of halogens is 1. The van der Waals surface area contributed by atoms with E-state index >= 15 is 0 Å². The summed E-state index contributed by atoms with van der Waals surface area (Å²) in [4.78, 5) is 12.5. The molecule has 1 saturated carbocycles. The zero-order chi connectivity index (χ0) is 17.4. The molecule has 0 saturated heterocycles. The predicted octanol–water partition coefficient (Wildman–Crippen LogP) is 4.00. The number of carbonyl (C=O) groups is 1. The third kappa shape index (κ3) is 6.08. The van der Waals surface area contributed by atoms with Crippen molar-refractivity contribution in [3.63, 3.8) is 0 Å². The molecule has 1 fully saturated rings. The summed E-state index contributed by atoms with van der Waals surface area (Å²) in [5.41, 5.74) is 6.53. The van der Waals surface area contributed by atoms with E-state index in [0.717, 1.165) is 43.5 Å². The van der Waals surface area contributed by atoms with E-state index in [1.165, 1.54) is 0 Å². The van der Waals surface area contributed by atoms with Crippen LogP contribution in [-0.2, 0) is 4.79 Å². The van der Waals surface area contributed by atoms with Gasteiger partial charge in [-0.15, -0.1) is 12.4 Å². The minimum absolute atomic E-state index is 0. The maximum absolute atomic E-state index is 12.5. The topological polar surface area (TPSA) is 73.6 Å². The van der Waals surface area contributed by atoms with Crippen LogP contribution in [0.2, 0.25) is 0 Å². The predicted molar refractivity (Wildman–Crippen MR) is 104 cm³/mol. The third-order valence-corrected chi connectivity index (χ3v) is 4.43. The van der Waals surface area contributed by atoms with Crippen LogP contribution in [0.5, 0.6) is 11.5 Å². The van der Waals surface area contributed by atoms with Gasteiger partial charge >= 0.3 is 0 Å². The smallest absolute Gasteiger partial charge is 0.227 e. The second kappa shape index (κ2) is 11.2. The van der Waals surface area contributed by atoms with Crippen LogP contribution < -0.4 is 20.5 Å². The molecule has 5 nitrogen and oxygen atoms in total. The number of hydrogen-bond acceptors (Lipinski definition) is 4. The van der Waals surface area contributed by atoms with Crippen LogP contribution in [0.25, 0.3) is 0 Å². The summed E-state index contributed by atoms with van der Waals surface area (Å²) in [6, 6.07) is 5.59. The zero-order valence-corrected chi connectivity index (χ0v) is 16.1. The lowest BCUT2D eigenvalue weighted by atomic mass is 9.95. The molecule has 0 spiro atoms. The van der Waals surface area contributed by atoms with Crippen molar-refractivity contribution in [2.75, 3.05) is 25.1 Å². The van der Waals surface area contributed by atoms with Crippen LogP contribution in [0.15, 0.2) is 18.2 Å². The second-order valence-corrected chi connectivity index (χ2v) is 6.38. The summed E-state index contributed by atoms with van der Waals surface area (Å²) in [5, 5.41) is 3.02. The monoisotopic (exact) mass is 370 g/mol. The minimum atomic E-state index is 0. The fourth-order valence-electron chi connectivity index (χ4n) is 3.14. The number of carbonyl (C=O) groups excluding carboxylic acids is 1. The Kier molecular flexibility index (Phi) is 9.68. The van der Waals surface area contributed by atoms with Crippen molar-refractivity contribution in [1.82, 2.24) is 0 Å². The number of benzene rings is 1. The number of hydrogen-bond donors (Lipinski definition) is 2. The van der Waals surface area contributed by atoms with Gasteiger partial charge in [-0.1, -0.05) is 20.3 Å². The van der Waals surface area contributed by atoms with Crippen molar-refractivity contribution in [2.45, 2.75) is 46.0 Å². The average molecular weight is 371 g/mol. The lowest BCUT2D eigenvalue weighted by molar-refractivity contribution is -0.120. The van der Waals surface area contributed by atoms with Crippen LogP contribution in [-0.4, -0.2) is 25.7 Å². The molecule has 0 aromatic heterocycles. The Bertz CT molecular complexity index is 539.